The van der Waals surface area contributed by atoms with Crippen molar-refractivity contribution in [2.45, 2.75) is 33.6 Å². The lowest BCUT2D eigenvalue weighted by molar-refractivity contribution is -0.136. The SMILES string of the molecule is C=CN=C(/C=C\C)COc1cc(O)c(C(=N)CCC(=O)O)cc1Cl.CC. The van der Waals surface area contributed by atoms with Gasteiger partial charge in [0, 0.05) is 30.0 Å². The minimum absolute atomic E-state index is 0.00311. The molecule has 0 aliphatic rings. The standard InChI is InChI=1S/C17H19ClN2O4.C2H6/c1-3-5-11(20-4-2)10-24-16-9-15(21)12(8-13(16)18)14(19)6-7-17(22)23;1-2/h3-5,8-9,19,21H,2,6-7,10H2,1H3,(H,22,23);1-2H3/b5-3-,19-14?,20-11?;. The van der Waals surface area contributed by atoms with E-state index in [9.17, 15) is 9.90 Å². The number of nitrogens with zero attached hydrogens (tertiary/aromatic N) is 1. The summed E-state index contributed by atoms with van der Waals surface area (Å²) < 4.78 is 5.53. The van der Waals surface area contributed by atoms with E-state index in [1.807, 2.05) is 20.8 Å². The van der Waals surface area contributed by atoms with Crippen molar-refractivity contribution in [3.63, 3.8) is 0 Å². The van der Waals surface area contributed by atoms with Crippen LogP contribution in [0.5, 0.6) is 11.5 Å². The second kappa shape index (κ2) is 12.7. The van der Waals surface area contributed by atoms with Gasteiger partial charge in [-0.1, -0.05) is 38.1 Å². The first-order valence-corrected chi connectivity index (χ1v) is 8.52. The molecule has 1 aromatic rings. The van der Waals surface area contributed by atoms with Gasteiger partial charge in [-0.3, -0.25) is 9.79 Å². The second-order valence-electron chi connectivity index (χ2n) is 4.76. The number of carboxylic acid groups (broad SMARTS) is 1. The Morgan fingerprint density at radius 1 is 1.38 bits per heavy atom. The molecule has 0 saturated carbocycles. The van der Waals surface area contributed by atoms with Crippen LogP contribution in [0.4, 0.5) is 0 Å². The summed E-state index contributed by atoms with van der Waals surface area (Å²) in [5.74, 6) is -0.966. The van der Waals surface area contributed by atoms with Crippen molar-refractivity contribution < 1.29 is 19.7 Å². The van der Waals surface area contributed by atoms with Crippen LogP contribution >= 0.6 is 11.6 Å². The Morgan fingerprint density at radius 2 is 2.04 bits per heavy atom. The number of hydrogen-bond acceptors (Lipinski definition) is 5. The third-order valence-electron chi connectivity index (χ3n) is 2.96. The number of halogens is 1. The van der Waals surface area contributed by atoms with Crippen molar-refractivity contribution in [2.24, 2.45) is 4.99 Å². The van der Waals surface area contributed by atoms with Crippen molar-refractivity contribution in [1.82, 2.24) is 0 Å². The van der Waals surface area contributed by atoms with Crippen LogP contribution in [-0.4, -0.2) is 34.2 Å². The first-order chi connectivity index (χ1) is 12.4. The van der Waals surface area contributed by atoms with Gasteiger partial charge >= 0.3 is 5.97 Å². The van der Waals surface area contributed by atoms with Crippen LogP contribution in [-0.2, 0) is 4.79 Å². The van der Waals surface area contributed by atoms with Crippen molar-refractivity contribution in [3.05, 3.63) is 47.6 Å². The first-order valence-electron chi connectivity index (χ1n) is 8.14. The van der Waals surface area contributed by atoms with E-state index in [2.05, 4.69) is 11.6 Å². The van der Waals surface area contributed by atoms with Crippen LogP contribution in [0.2, 0.25) is 5.02 Å². The van der Waals surface area contributed by atoms with Crippen LogP contribution in [0.1, 0.15) is 39.2 Å². The van der Waals surface area contributed by atoms with Gasteiger partial charge in [-0.2, -0.15) is 0 Å². The molecule has 3 N–H and O–H groups in total. The number of nitrogens with one attached hydrogen (secondary N) is 1. The molecule has 0 unspecified atom stereocenters. The molecule has 0 atom stereocenters. The molecular weight excluding hydrogens is 356 g/mol. The number of ether oxygens (including phenoxy) is 1. The summed E-state index contributed by atoms with van der Waals surface area (Å²) in [4.78, 5) is 14.6. The Balaban J connectivity index is 0.00000301. The largest absolute Gasteiger partial charge is 0.507 e. The number of aliphatic imine (C=N–C) groups is 1. The molecule has 1 rings (SSSR count). The van der Waals surface area contributed by atoms with E-state index in [1.54, 1.807) is 12.2 Å². The van der Waals surface area contributed by atoms with Crippen LogP contribution in [0, 0.1) is 5.41 Å². The van der Waals surface area contributed by atoms with E-state index in [-0.39, 0.29) is 47.2 Å². The Bertz CT molecular complexity index is 697. The van der Waals surface area contributed by atoms with Crippen LogP contribution in [0.3, 0.4) is 0 Å². The highest BCUT2D eigenvalue weighted by Gasteiger charge is 2.14. The molecule has 7 heteroatoms. The summed E-state index contributed by atoms with van der Waals surface area (Å²) in [7, 11) is 0. The summed E-state index contributed by atoms with van der Waals surface area (Å²) in [5, 5.41) is 26.8. The predicted molar refractivity (Wildman–Crippen MR) is 106 cm³/mol. The summed E-state index contributed by atoms with van der Waals surface area (Å²) in [5.41, 5.74) is 0.801. The molecule has 0 spiro atoms. The van der Waals surface area contributed by atoms with E-state index < -0.39 is 5.97 Å². The molecule has 0 aromatic heterocycles. The highest BCUT2D eigenvalue weighted by molar-refractivity contribution is 6.32. The molecule has 1 aromatic carbocycles. The minimum Gasteiger partial charge on any atom is -0.507 e. The monoisotopic (exact) mass is 380 g/mol. The number of carbonyl (C=O) groups is 1. The van der Waals surface area contributed by atoms with Crippen LogP contribution < -0.4 is 4.74 Å². The summed E-state index contributed by atoms with van der Waals surface area (Å²) in [6, 6.07) is 2.69. The first kappa shape index (κ1) is 23.4. The maximum Gasteiger partial charge on any atom is 0.303 e. The van der Waals surface area contributed by atoms with Gasteiger partial charge in [-0.05, 0) is 19.1 Å². The Hall–Kier alpha value is -2.60. The Kier molecular flexibility index (Phi) is 11.4. The average Bonchev–Trinajstić information content (AvgIpc) is 2.61. The summed E-state index contributed by atoms with van der Waals surface area (Å²) in [6.45, 7) is 9.49. The van der Waals surface area contributed by atoms with Crippen molar-refractivity contribution in [1.29, 1.82) is 5.41 Å². The molecule has 0 saturated heterocycles. The molecule has 0 bridgehead atoms. The number of benzene rings is 1. The van der Waals surface area contributed by atoms with Gasteiger partial charge in [0.25, 0.3) is 0 Å². The molecule has 0 amide bonds. The van der Waals surface area contributed by atoms with E-state index in [4.69, 9.17) is 26.9 Å². The molecule has 0 radical (unpaired) electrons. The molecule has 142 valence electrons. The lowest BCUT2D eigenvalue weighted by Gasteiger charge is -2.12. The van der Waals surface area contributed by atoms with Gasteiger partial charge in [0.2, 0.25) is 0 Å². The second-order valence-corrected chi connectivity index (χ2v) is 5.17. The van der Waals surface area contributed by atoms with Crippen LogP contribution in [0.25, 0.3) is 0 Å². The van der Waals surface area contributed by atoms with Gasteiger partial charge in [0.1, 0.15) is 18.1 Å². The molecular formula is C19H25ClN2O4. The van der Waals surface area contributed by atoms with Gasteiger partial charge < -0.3 is 20.4 Å². The lowest BCUT2D eigenvalue weighted by Crippen LogP contribution is -2.09. The molecule has 0 aliphatic heterocycles. The number of aromatic hydroxyl groups is 1. The van der Waals surface area contributed by atoms with Crippen molar-refractivity contribution in [2.75, 3.05) is 6.61 Å². The Labute approximate surface area is 159 Å². The molecule has 26 heavy (non-hydrogen) atoms. The third kappa shape index (κ3) is 7.98. The van der Waals surface area contributed by atoms with E-state index in [0.29, 0.717) is 5.71 Å². The fourth-order valence-electron chi connectivity index (χ4n) is 1.85. The van der Waals surface area contributed by atoms with Gasteiger partial charge in [-0.25, -0.2) is 0 Å². The number of rotatable bonds is 9. The highest BCUT2D eigenvalue weighted by Crippen LogP contribution is 2.33. The lowest BCUT2D eigenvalue weighted by atomic mass is 10.0. The number of carboxylic acids is 1. The zero-order chi connectivity index (χ0) is 20.1. The molecule has 0 fully saturated rings. The zero-order valence-electron chi connectivity index (χ0n) is 15.3. The zero-order valence-corrected chi connectivity index (χ0v) is 16.0. The van der Waals surface area contributed by atoms with E-state index in [0.717, 1.165) is 0 Å². The average molecular weight is 381 g/mol. The number of hydrogen-bond donors (Lipinski definition) is 3. The molecule has 0 aliphatic carbocycles. The smallest absolute Gasteiger partial charge is 0.303 e. The summed E-state index contributed by atoms with van der Waals surface area (Å²) in [6.07, 6.45) is 4.75. The van der Waals surface area contributed by atoms with Crippen LogP contribution in [0.15, 0.2) is 42.1 Å². The van der Waals surface area contributed by atoms with E-state index >= 15 is 0 Å². The molecule has 6 nitrogen and oxygen atoms in total. The normalized spacial score (nSPS) is 10.8. The van der Waals surface area contributed by atoms with Crippen molar-refractivity contribution >= 4 is 29.0 Å². The Morgan fingerprint density at radius 3 is 2.58 bits per heavy atom. The maximum absolute atomic E-state index is 10.6. The predicted octanol–water partition coefficient (Wildman–Crippen LogP) is 4.84. The quantitative estimate of drug-likeness (QED) is 0.533. The number of phenolic OH excluding ortho intramolecular Hbond substituents is 1. The topological polar surface area (TPSA) is 103 Å². The number of phenols is 1. The fraction of sp³-hybridized carbons (Fsp3) is 0.316. The van der Waals surface area contributed by atoms with Crippen molar-refractivity contribution in [3.8, 4) is 11.5 Å². The van der Waals surface area contributed by atoms with Gasteiger partial charge in [-0.15, -0.1) is 0 Å². The van der Waals surface area contributed by atoms with Gasteiger partial charge in [0.15, 0.2) is 0 Å². The number of aliphatic carboxylic acids is 1. The number of allylic oxidation sites excluding steroid dienone is 1. The van der Waals surface area contributed by atoms with Gasteiger partial charge in [0.05, 0.1) is 17.2 Å². The molecule has 0 heterocycles. The summed E-state index contributed by atoms with van der Waals surface area (Å²) >= 11 is 6.12. The third-order valence-corrected chi connectivity index (χ3v) is 3.25. The fourth-order valence-corrected chi connectivity index (χ4v) is 2.07. The minimum atomic E-state index is -1.01. The highest BCUT2D eigenvalue weighted by atomic mass is 35.5. The van der Waals surface area contributed by atoms with E-state index in [1.165, 1.54) is 18.3 Å². The maximum atomic E-state index is 10.6.